The molecule has 0 aromatic heterocycles. The third-order valence-corrected chi connectivity index (χ3v) is 5.97. The van der Waals surface area contributed by atoms with Crippen LogP contribution in [0.5, 0.6) is 0 Å². The van der Waals surface area contributed by atoms with E-state index < -0.39 is 0 Å². The number of piperidine rings is 1. The van der Waals surface area contributed by atoms with Crippen LogP contribution in [-0.2, 0) is 4.74 Å². The molecular weight excluding hydrogens is 348 g/mol. The van der Waals surface area contributed by atoms with E-state index in [-0.39, 0.29) is 0 Å². The highest BCUT2D eigenvalue weighted by molar-refractivity contribution is 4.60. The van der Waals surface area contributed by atoms with Crippen LogP contribution in [0.2, 0.25) is 0 Å². The second kappa shape index (κ2) is 17.6. The first-order valence-electron chi connectivity index (χ1n) is 11.9. The second-order valence-corrected chi connectivity index (χ2v) is 9.01. The molecule has 0 amide bonds. The maximum absolute atomic E-state index is 5.10. The summed E-state index contributed by atoms with van der Waals surface area (Å²) >= 11 is 0. The molecule has 0 unspecified atom stereocenters. The van der Waals surface area contributed by atoms with Crippen LogP contribution in [0.1, 0.15) is 57.8 Å². The zero-order valence-electron chi connectivity index (χ0n) is 19.6. The van der Waals surface area contributed by atoms with Gasteiger partial charge in [-0.1, -0.05) is 19.3 Å². The monoisotopic (exact) mass is 398 g/mol. The van der Waals surface area contributed by atoms with Crippen LogP contribution < -0.4 is 0 Å². The first kappa shape index (κ1) is 25.8. The van der Waals surface area contributed by atoms with Crippen molar-refractivity contribution in [1.29, 1.82) is 0 Å². The van der Waals surface area contributed by atoms with E-state index in [2.05, 4.69) is 47.8 Å². The number of likely N-dealkylation sites (tertiary alicyclic amines) is 3. The van der Waals surface area contributed by atoms with E-state index in [4.69, 9.17) is 4.74 Å². The van der Waals surface area contributed by atoms with Gasteiger partial charge in [0.2, 0.25) is 0 Å². The first-order chi connectivity index (χ1) is 13.6. The summed E-state index contributed by atoms with van der Waals surface area (Å²) in [5.74, 6) is 0. The van der Waals surface area contributed by atoms with Crippen LogP contribution in [0.3, 0.4) is 0 Å². The summed E-state index contributed by atoms with van der Waals surface area (Å²) < 4.78 is 5.10. The summed E-state index contributed by atoms with van der Waals surface area (Å²) in [6.45, 7) is 11.9. The molecule has 4 fully saturated rings. The number of nitrogens with zero attached hydrogens (tertiary/aromatic N) is 4. The molecule has 0 atom stereocenters. The summed E-state index contributed by atoms with van der Waals surface area (Å²) in [6, 6.07) is 0. The lowest BCUT2D eigenvalue weighted by atomic mass is 10.1. The Morgan fingerprint density at radius 2 is 0.607 bits per heavy atom. The molecule has 0 bridgehead atoms. The van der Waals surface area contributed by atoms with Gasteiger partial charge in [-0.15, -0.1) is 0 Å². The number of morpholine rings is 1. The Hall–Kier alpha value is -0.200. The fourth-order valence-electron chi connectivity index (χ4n) is 3.81. The Balaban J connectivity index is 0.000000188. The third kappa shape index (κ3) is 15.7. The van der Waals surface area contributed by atoms with Crippen molar-refractivity contribution >= 4 is 0 Å². The smallest absolute Gasteiger partial charge is 0.0594 e. The Bertz CT molecular complexity index is 301. The molecule has 168 valence electrons. The Kier molecular flexibility index (Phi) is 16.3. The molecule has 0 aromatic carbocycles. The van der Waals surface area contributed by atoms with Crippen LogP contribution in [-0.4, -0.2) is 113 Å². The van der Waals surface area contributed by atoms with Crippen molar-refractivity contribution in [2.45, 2.75) is 57.8 Å². The molecule has 0 aliphatic carbocycles. The van der Waals surface area contributed by atoms with E-state index in [1.54, 1.807) is 0 Å². The molecule has 5 heteroatoms. The third-order valence-electron chi connectivity index (χ3n) is 5.97. The molecule has 0 N–H and O–H groups in total. The molecular formula is C23H50N4O. The van der Waals surface area contributed by atoms with Gasteiger partial charge in [-0.25, -0.2) is 0 Å². The Labute approximate surface area is 176 Å². The van der Waals surface area contributed by atoms with Crippen LogP contribution in [0.25, 0.3) is 0 Å². The molecule has 0 saturated carbocycles. The summed E-state index contributed by atoms with van der Waals surface area (Å²) in [6.07, 6.45) is 12.8. The highest BCUT2D eigenvalue weighted by Crippen LogP contribution is 2.07. The van der Waals surface area contributed by atoms with Crippen LogP contribution >= 0.6 is 0 Å². The van der Waals surface area contributed by atoms with Crippen LogP contribution in [0.4, 0.5) is 0 Å². The molecule has 4 saturated heterocycles. The Morgan fingerprint density at radius 3 is 0.857 bits per heavy atom. The molecule has 5 nitrogen and oxygen atoms in total. The van der Waals surface area contributed by atoms with Gasteiger partial charge in [0, 0.05) is 13.1 Å². The minimum Gasteiger partial charge on any atom is -0.379 e. The molecule has 4 rings (SSSR count). The zero-order valence-corrected chi connectivity index (χ0v) is 19.6. The number of ether oxygens (including phenoxy) is 1. The normalized spacial score (nSPS) is 25.3. The summed E-state index contributed by atoms with van der Waals surface area (Å²) in [7, 11) is 8.69. The van der Waals surface area contributed by atoms with Crippen LogP contribution in [0, 0.1) is 0 Å². The number of hydrogen-bond acceptors (Lipinski definition) is 5. The zero-order chi connectivity index (χ0) is 20.5. The quantitative estimate of drug-likeness (QED) is 0.623. The fourth-order valence-corrected chi connectivity index (χ4v) is 3.81. The van der Waals surface area contributed by atoms with E-state index in [0.29, 0.717) is 0 Å². The second-order valence-electron chi connectivity index (χ2n) is 9.01. The number of rotatable bonds is 0. The predicted molar refractivity (Wildman–Crippen MR) is 122 cm³/mol. The van der Waals surface area contributed by atoms with Crippen LogP contribution in [0.15, 0.2) is 0 Å². The predicted octanol–water partition coefficient (Wildman–Crippen LogP) is 3.25. The first-order valence-corrected chi connectivity index (χ1v) is 11.9. The van der Waals surface area contributed by atoms with Crippen molar-refractivity contribution in [3.63, 3.8) is 0 Å². The van der Waals surface area contributed by atoms with Crippen molar-refractivity contribution in [1.82, 2.24) is 19.6 Å². The maximum Gasteiger partial charge on any atom is 0.0594 e. The summed E-state index contributed by atoms with van der Waals surface area (Å²) in [5, 5.41) is 0. The number of likely N-dealkylation sites (N-methyl/N-ethyl adjacent to an activating group) is 1. The molecule has 4 aliphatic rings. The van der Waals surface area contributed by atoms with E-state index in [1.165, 1.54) is 97.1 Å². The van der Waals surface area contributed by atoms with Gasteiger partial charge in [0.05, 0.1) is 13.2 Å². The largest absolute Gasteiger partial charge is 0.379 e. The summed E-state index contributed by atoms with van der Waals surface area (Å²) in [4.78, 5) is 9.44. The standard InChI is InChI=1S/C7H15N.C6H13N.C5H11NO.C5H11N/c1-8-6-4-2-3-5-7-8;1-7-5-3-2-4-6-7;1-6-2-4-7-5-3-6;1-6-4-2-3-5-6/h2-7H2,1H3;2-6H2,1H3;2-5H2,1H3;2-5H2,1H3. The minimum absolute atomic E-state index is 0.913. The lowest BCUT2D eigenvalue weighted by Gasteiger charge is -2.21. The van der Waals surface area contributed by atoms with Crippen molar-refractivity contribution in [2.24, 2.45) is 0 Å². The van der Waals surface area contributed by atoms with E-state index in [0.717, 1.165) is 26.3 Å². The minimum atomic E-state index is 0.913. The molecule has 4 aliphatic heterocycles. The molecule has 28 heavy (non-hydrogen) atoms. The van der Waals surface area contributed by atoms with Gasteiger partial charge in [0.25, 0.3) is 0 Å². The lowest BCUT2D eigenvalue weighted by Crippen LogP contribution is -2.32. The molecule has 0 aromatic rings. The Morgan fingerprint density at radius 1 is 0.357 bits per heavy atom. The maximum atomic E-state index is 5.10. The van der Waals surface area contributed by atoms with E-state index in [9.17, 15) is 0 Å². The van der Waals surface area contributed by atoms with E-state index >= 15 is 0 Å². The molecule has 0 radical (unpaired) electrons. The molecule has 4 heterocycles. The van der Waals surface area contributed by atoms with Gasteiger partial charge < -0.3 is 24.3 Å². The lowest BCUT2D eigenvalue weighted by molar-refractivity contribution is 0.0503. The van der Waals surface area contributed by atoms with Crippen molar-refractivity contribution in [3.05, 3.63) is 0 Å². The average Bonchev–Trinajstić information content (AvgIpc) is 3.05. The van der Waals surface area contributed by atoms with Gasteiger partial charge >= 0.3 is 0 Å². The van der Waals surface area contributed by atoms with Crippen molar-refractivity contribution in [2.75, 3.05) is 93.8 Å². The highest BCUT2D eigenvalue weighted by Gasteiger charge is 2.04. The van der Waals surface area contributed by atoms with Gasteiger partial charge in [0.15, 0.2) is 0 Å². The fraction of sp³-hybridized carbons (Fsp3) is 1.00. The molecule has 0 spiro atoms. The van der Waals surface area contributed by atoms with Crippen molar-refractivity contribution < 1.29 is 4.74 Å². The van der Waals surface area contributed by atoms with Gasteiger partial charge in [-0.3, -0.25) is 0 Å². The van der Waals surface area contributed by atoms with Gasteiger partial charge in [-0.2, -0.15) is 0 Å². The number of hydrogen-bond donors (Lipinski definition) is 0. The van der Waals surface area contributed by atoms with Crippen molar-refractivity contribution in [3.8, 4) is 0 Å². The average molecular weight is 399 g/mol. The highest BCUT2D eigenvalue weighted by atomic mass is 16.5. The summed E-state index contributed by atoms with van der Waals surface area (Å²) in [5.41, 5.74) is 0. The topological polar surface area (TPSA) is 22.2 Å². The van der Waals surface area contributed by atoms with E-state index in [1.807, 2.05) is 0 Å². The SMILES string of the molecule is CN1CCCC1.CN1CCCCC1.CN1CCCCCC1.CN1CCOCC1. The van der Waals surface area contributed by atoms with Gasteiger partial charge in [0.1, 0.15) is 0 Å². The van der Waals surface area contributed by atoms with Gasteiger partial charge in [-0.05, 0) is 106 Å².